The zero-order valence-corrected chi connectivity index (χ0v) is 20.4. The van der Waals surface area contributed by atoms with Crippen LogP contribution in [0.1, 0.15) is 34.5 Å². The molecular formula is C26H28Cl2N4O. The number of aromatic nitrogens is 1. The largest absolute Gasteiger partial charge is 0.398 e. The minimum atomic E-state index is -0.206. The van der Waals surface area contributed by atoms with E-state index in [9.17, 15) is 4.79 Å². The molecule has 1 aromatic heterocycles. The fourth-order valence-electron chi connectivity index (χ4n) is 4.27. The van der Waals surface area contributed by atoms with Gasteiger partial charge in [0.1, 0.15) is 5.69 Å². The van der Waals surface area contributed by atoms with E-state index >= 15 is 0 Å². The fourth-order valence-corrected chi connectivity index (χ4v) is 4.57. The molecule has 2 aromatic carbocycles. The first-order valence-corrected chi connectivity index (χ1v) is 11.9. The van der Waals surface area contributed by atoms with E-state index in [2.05, 4.69) is 10.2 Å². The van der Waals surface area contributed by atoms with E-state index in [-0.39, 0.29) is 5.91 Å². The predicted octanol–water partition coefficient (Wildman–Crippen LogP) is 5.75. The smallest absolute Gasteiger partial charge is 0.269 e. The van der Waals surface area contributed by atoms with Crippen molar-refractivity contribution in [2.45, 2.75) is 26.7 Å². The molecule has 172 valence electrons. The summed E-state index contributed by atoms with van der Waals surface area (Å²) in [7, 11) is 0. The van der Waals surface area contributed by atoms with Crippen LogP contribution in [0.5, 0.6) is 0 Å². The average molecular weight is 483 g/mol. The normalized spacial score (nSPS) is 13.9. The first kappa shape index (κ1) is 23.6. The van der Waals surface area contributed by atoms with E-state index in [0.717, 1.165) is 47.5 Å². The number of carbonyl (C=O) groups excluding carboxylic acids is 1. The fraction of sp³-hybridized carbons (Fsp3) is 0.308. The van der Waals surface area contributed by atoms with Crippen LogP contribution in [-0.2, 0) is 0 Å². The lowest BCUT2D eigenvalue weighted by atomic mass is 9.93. The topological polar surface area (TPSA) is 71.2 Å². The first-order chi connectivity index (χ1) is 15.8. The van der Waals surface area contributed by atoms with Crippen molar-refractivity contribution < 1.29 is 4.79 Å². The van der Waals surface area contributed by atoms with E-state index in [0.29, 0.717) is 33.7 Å². The number of rotatable bonds is 6. The lowest BCUT2D eigenvalue weighted by Crippen LogP contribution is -2.34. The lowest BCUT2D eigenvalue weighted by molar-refractivity contribution is 0.0945. The first-order valence-electron chi connectivity index (χ1n) is 11.2. The van der Waals surface area contributed by atoms with E-state index in [1.165, 1.54) is 12.8 Å². The Bertz CT molecular complexity index is 1190. The van der Waals surface area contributed by atoms with Crippen LogP contribution in [0.4, 0.5) is 5.69 Å². The Morgan fingerprint density at radius 2 is 1.82 bits per heavy atom. The quantitative estimate of drug-likeness (QED) is 0.438. The Balaban J connectivity index is 1.74. The third kappa shape index (κ3) is 5.16. The van der Waals surface area contributed by atoms with Gasteiger partial charge in [-0.15, -0.1) is 0 Å². The van der Waals surface area contributed by atoms with Crippen molar-refractivity contribution in [1.29, 1.82) is 0 Å². The van der Waals surface area contributed by atoms with Gasteiger partial charge in [-0.3, -0.25) is 4.79 Å². The molecule has 0 bridgehead atoms. The number of para-hydroxylation sites is 1. The molecule has 0 aliphatic carbocycles. The average Bonchev–Trinajstić information content (AvgIpc) is 3.31. The summed E-state index contributed by atoms with van der Waals surface area (Å²) in [6.45, 7) is 7.57. The molecule has 1 aliphatic heterocycles. The molecule has 33 heavy (non-hydrogen) atoms. The maximum atomic E-state index is 13.1. The summed E-state index contributed by atoms with van der Waals surface area (Å²) >= 11 is 12.4. The van der Waals surface area contributed by atoms with Crippen LogP contribution in [-0.4, -0.2) is 42.0 Å². The summed E-state index contributed by atoms with van der Waals surface area (Å²) < 4.78 is 0. The SMILES string of the molecule is Cc1cccc(-c2cc(C(=O)NCCN3CCCC3)nc(-c3ccc(Cl)c(Cl)c3)c2C)c1N. The Kier molecular flexibility index (Phi) is 7.23. The minimum absolute atomic E-state index is 0.206. The third-order valence-electron chi connectivity index (χ3n) is 6.22. The number of nitrogen functional groups attached to an aromatic ring is 1. The van der Waals surface area contributed by atoms with Gasteiger partial charge in [0.2, 0.25) is 0 Å². The van der Waals surface area contributed by atoms with Gasteiger partial charge in [0.25, 0.3) is 5.91 Å². The molecule has 2 heterocycles. The summed E-state index contributed by atoms with van der Waals surface area (Å²) in [5.74, 6) is -0.206. The van der Waals surface area contributed by atoms with Gasteiger partial charge in [0.05, 0.1) is 15.7 Å². The summed E-state index contributed by atoms with van der Waals surface area (Å²) in [6.07, 6.45) is 2.45. The highest BCUT2D eigenvalue weighted by Gasteiger charge is 2.19. The van der Waals surface area contributed by atoms with Crippen molar-refractivity contribution in [1.82, 2.24) is 15.2 Å². The molecule has 0 radical (unpaired) electrons. The standard InChI is InChI=1S/C26H28Cl2N4O/c1-16-6-5-7-19(24(16)29)20-15-23(26(33)30-10-13-32-11-3-4-12-32)31-25(17(20)2)18-8-9-21(27)22(28)14-18/h5-9,14-15H,3-4,10-13,29H2,1-2H3,(H,30,33). The van der Waals surface area contributed by atoms with Gasteiger partial charge in [-0.2, -0.15) is 0 Å². The van der Waals surface area contributed by atoms with E-state index < -0.39 is 0 Å². The highest BCUT2D eigenvalue weighted by molar-refractivity contribution is 6.42. The van der Waals surface area contributed by atoms with Crippen molar-refractivity contribution in [3.63, 3.8) is 0 Å². The van der Waals surface area contributed by atoms with Gasteiger partial charge in [0.15, 0.2) is 0 Å². The Hall–Kier alpha value is -2.60. The number of carbonyl (C=O) groups is 1. The second-order valence-electron chi connectivity index (χ2n) is 8.50. The van der Waals surface area contributed by atoms with Crippen LogP contribution >= 0.6 is 23.2 Å². The van der Waals surface area contributed by atoms with Crippen LogP contribution in [0.15, 0.2) is 42.5 Å². The molecule has 0 unspecified atom stereocenters. The van der Waals surface area contributed by atoms with E-state index in [1.54, 1.807) is 12.1 Å². The third-order valence-corrected chi connectivity index (χ3v) is 6.96. The predicted molar refractivity (Wildman–Crippen MR) is 137 cm³/mol. The number of anilines is 1. The Morgan fingerprint density at radius 3 is 2.55 bits per heavy atom. The molecular weight excluding hydrogens is 455 g/mol. The van der Waals surface area contributed by atoms with Crippen molar-refractivity contribution in [3.8, 4) is 22.4 Å². The Labute approximate surface area is 204 Å². The molecule has 1 aliphatic rings. The Morgan fingerprint density at radius 1 is 1.06 bits per heavy atom. The van der Waals surface area contributed by atoms with Gasteiger partial charge in [-0.1, -0.05) is 47.5 Å². The number of pyridine rings is 1. The van der Waals surface area contributed by atoms with Crippen molar-refractivity contribution in [2.75, 3.05) is 31.9 Å². The van der Waals surface area contributed by atoms with Crippen LogP contribution in [0.3, 0.4) is 0 Å². The van der Waals surface area contributed by atoms with Gasteiger partial charge in [-0.05, 0) is 74.7 Å². The van der Waals surface area contributed by atoms with Crippen LogP contribution in [0, 0.1) is 13.8 Å². The second kappa shape index (κ2) is 10.1. The molecule has 1 fully saturated rings. The maximum absolute atomic E-state index is 13.1. The number of hydrogen-bond donors (Lipinski definition) is 2. The summed E-state index contributed by atoms with van der Waals surface area (Å²) in [5.41, 5.74) is 12.6. The number of nitrogens with two attached hydrogens (primary N) is 1. The van der Waals surface area contributed by atoms with Crippen LogP contribution in [0.2, 0.25) is 10.0 Å². The molecule has 4 rings (SSSR count). The highest BCUT2D eigenvalue weighted by atomic mass is 35.5. The molecule has 0 spiro atoms. The number of aryl methyl sites for hydroxylation is 1. The number of likely N-dealkylation sites (tertiary alicyclic amines) is 1. The van der Waals surface area contributed by atoms with E-state index in [4.69, 9.17) is 33.9 Å². The summed E-state index contributed by atoms with van der Waals surface area (Å²) in [6, 6.07) is 13.1. The number of halogens is 2. The zero-order valence-electron chi connectivity index (χ0n) is 18.9. The maximum Gasteiger partial charge on any atom is 0.269 e. The molecule has 3 N–H and O–H groups in total. The van der Waals surface area contributed by atoms with Gasteiger partial charge in [0, 0.05) is 29.9 Å². The molecule has 7 heteroatoms. The molecule has 0 saturated carbocycles. The minimum Gasteiger partial charge on any atom is -0.398 e. The molecule has 1 saturated heterocycles. The molecule has 5 nitrogen and oxygen atoms in total. The number of hydrogen-bond acceptors (Lipinski definition) is 4. The van der Waals surface area contributed by atoms with Crippen LogP contribution in [0.25, 0.3) is 22.4 Å². The van der Waals surface area contributed by atoms with Crippen molar-refractivity contribution in [3.05, 3.63) is 69.3 Å². The highest BCUT2D eigenvalue weighted by Crippen LogP contribution is 2.37. The number of nitrogens with zero attached hydrogens (tertiary/aromatic N) is 2. The van der Waals surface area contributed by atoms with Crippen LogP contribution < -0.4 is 11.1 Å². The number of nitrogens with one attached hydrogen (secondary N) is 1. The van der Waals surface area contributed by atoms with Crippen molar-refractivity contribution >= 4 is 34.8 Å². The van der Waals surface area contributed by atoms with E-state index in [1.807, 2.05) is 44.2 Å². The van der Waals surface area contributed by atoms with Gasteiger partial charge in [-0.25, -0.2) is 4.98 Å². The van der Waals surface area contributed by atoms with Gasteiger partial charge >= 0.3 is 0 Å². The van der Waals surface area contributed by atoms with Crippen molar-refractivity contribution in [2.24, 2.45) is 0 Å². The number of benzene rings is 2. The molecule has 1 amide bonds. The summed E-state index contributed by atoms with van der Waals surface area (Å²) in [4.78, 5) is 20.2. The molecule has 0 atom stereocenters. The lowest BCUT2D eigenvalue weighted by Gasteiger charge is -2.17. The summed E-state index contributed by atoms with van der Waals surface area (Å²) in [5, 5.41) is 3.93. The van der Waals surface area contributed by atoms with Gasteiger partial charge < -0.3 is 16.0 Å². The number of amides is 1. The molecule has 3 aromatic rings. The zero-order chi connectivity index (χ0) is 23.5. The second-order valence-corrected chi connectivity index (χ2v) is 9.31. The monoisotopic (exact) mass is 482 g/mol.